The monoisotopic (exact) mass is 317 g/mol. The van der Waals surface area contributed by atoms with Gasteiger partial charge in [-0.3, -0.25) is 0 Å². The van der Waals surface area contributed by atoms with Crippen molar-refractivity contribution in [3.63, 3.8) is 0 Å². The third kappa shape index (κ3) is 3.45. The lowest BCUT2D eigenvalue weighted by molar-refractivity contribution is 0.0661. The van der Waals surface area contributed by atoms with Gasteiger partial charge in [0.1, 0.15) is 10.7 Å². The molecule has 0 amide bonds. The highest BCUT2D eigenvalue weighted by Gasteiger charge is 2.29. The van der Waals surface area contributed by atoms with Gasteiger partial charge in [-0.15, -0.1) is 0 Å². The molecule has 8 heteroatoms. The number of sulfonamides is 1. The van der Waals surface area contributed by atoms with Gasteiger partial charge < -0.3 is 14.3 Å². The molecule has 0 aromatic carbocycles. The first-order valence-corrected chi connectivity index (χ1v) is 8.28. The van der Waals surface area contributed by atoms with E-state index in [9.17, 15) is 13.2 Å². The Kier molecular flexibility index (Phi) is 4.70. The fraction of sp³-hybridized carbons (Fsp3) is 0.615. The zero-order chi connectivity index (χ0) is 15.6. The van der Waals surface area contributed by atoms with Gasteiger partial charge in [-0.25, -0.2) is 17.9 Å². The molecular weight excluding hydrogens is 298 g/mol. The van der Waals surface area contributed by atoms with E-state index in [2.05, 4.69) is 4.72 Å². The summed E-state index contributed by atoms with van der Waals surface area (Å²) in [5.74, 6) is -1.48. The molecule has 0 radical (unpaired) electrons. The Morgan fingerprint density at radius 3 is 2.81 bits per heavy atom. The first-order chi connectivity index (χ1) is 9.85. The van der Waals surface area contributed by atoms with E-state index in [-0.39, 0.29) is 35.0 Å². The Bertz CT molecular complexity index is 621. The van der Waals surface area contributed by atoms with Crippen LogP contribution in [-0.4, -0.2) is 38.7 Å². The third-order valence-electron chi connectivity index (χ3n) is 3.66. The van der Waals surface area contributed by atoms with Crippen LogP contribution < -0.4 is 4.72 Å². The van der Waals surface area contributed by atoms with Crippen LogP contribution in [-0.2, 0) is 14.8 Å². The molecule has 7 nitrogen and oxygen atoms in total. The molecule has 2 atom stereocenters. The standard InChI is InChI=1S/C13H19NO6S/c1-3-10-9(4-5-19-10)7-14-21(17,18)12-6-11(13(15)16)20-8(12)2/h6,9-10,14H,3-5,7H2,1-2H3,(H,15,16). The maximum Gasteiger partial charge on any atom is 0.371 e. The van der Waals surface area contributed by atoms with Crippen molar-refractivity contribution in [2.75, 3.05) is 13.2 Å². The van der Waals surface area contributed by atoms with Crippen LogP contribution in [0.3, 0.4) is 0 Å². The van der Waals surface area contributed by atoms with Crippen LogP contribution in [0.25, 0.3) is 0 Å². The first kappa shape index (κ1) is 16.0. The van der Waals surface area contributed by atoms with Crippen molar-refractivity contribution >= 4 is 16.0 Å². The molecule has 1 aromatic rings. The van der Waals surface area contributed by atoms with Gasteiger partial charge in [-0.1, -0.05) is 6.92 Å². The molecule has 0 aliphatic carbocycles. The molecule has 0 spiro atoms. The zero-order valence-electron chi connectivity index (χ0n) is 12.0. The van der Waals surface area contributed by atoms with Crippen LogP contribution in [0.5, 0.6) is 0 Å². The molecule has 2 rings (SSSR count). The molecule has 118 valence electrons. The third-order valence-corrected chi connectivity index (χ3v) is 5.19. The summed E-state index contributed by atoms with van der Waals surface area (Å²) in [6, 6.07) is 1.03. The van der Waals surface area contributed by atoms with E-state index in [0.29, 0.717) is 6.61 Å². The summed E-state index contributed by atoms with van der Waals surface area (Å²) in [6.07, 6.45) is 1.71. The van der Waals surface area contributed by atoms with Gasteiger partial charge >= 0.3 is 5.97 Å². The minimum absolute atomic E-state index is 0.0627. The summed E-state index contributed by atoms with van der Waals surface area (Å²) in [5, 5.41) is 8.83. The lowest BCUT2D eigenvalue weighted by atomic mass is 10.0. The minimum atomic E-state index is -3.79. The highest BCUT2D eigenvalue weighted by molar-refractivity contribution is 7.89. The van der Waals surface area contributed by atoms with E-state index in [1.807, 2.05) is 6.92 Å². The van der Waals surface area contributed by atoms with Crippen LogP contribution in [0.15, 0.2) is 15.4 Å². The second kappa shape index (κ2) is 6.17. The summed E-state index contributed by atoms with van der Waals surface area (Å²) in [7, 11) is -3.79. The number of hydrogen-bond donors (Lipinski definition) is 2. The zero-order valence-corrected chi connectivity index (χ0v) is 12.8. The summed E-state index contributed by atoms with van der Waals surface area (Å²) in [4.78, 5) is 10.7. The van der Waals surface area contributed by atoms with Gasteiger partial charge in [-0.2, -0.15) is 0 Å². The highest BCUT2D eigenvalue weighted by Crippen LogP contribution is 2.24. The number of nitrogens with one attached hydrogen (secondary N) is 1. The Balaban J connectivity index is 2.10. The second-order valence-electron chi connectivity index (χ2n) is 5.05. The number of carbonyl (C=O) groups is 1. The van der Waals surface area contributed by atoms with Crippen molar-refractivity contribution in [1.29, 1.82) is 0 Å². The van der Waals surface area contributed by atoms with Crippen molar-refractivity contribution in [2.45, 2.75) is 37.7 Å². The Morgan fingerprint density at radius 1 is 1.52 bits per heavy atom. The van der Waals surface area contributed by atoms with Crippen molar-refractivity contribution in [3.05, 3.63) is 17.6 Å². The van der Waals surface area contributed by atoms with Gasteiger partial charge in [0.2, 0.25) is 15.8 Å². The van der Waals surface area contributed by atoms with Crippen LogP contribution in [0.1, 0.15) is 36.1 Å². The molecule has 2 heterocycles. The topological polar surface area (TPSA) is 106 Å². The smallest absolute Gasteiger partial charge is 0.371 e. The number of rotatable bonds is 6. The van der Waals surface area contributed by atoms with E-state index < -0.39 is 16.0 Å². The average Bonchev–Trinajstić information content (AvgIpc) is 3.02. The lowest BCUT2D eigenvalue weighted by Gasteiger charge is -2.17. The van der Waals surface area contributed by atoms with E-state index in [1.165, 1.54) is 6.92 Å². The molecule has 1 aliphatic heterocycles. The molecule has 1 aromatic heterocycles. The second-order valence-corrected chi connectivity index (χ2v) is 6.79. The minimum Gasteiger partial charge on any atom is -0.475 e. The van der Waals surface area contributed by atoms with E-state index in [1.54, 1.807) is 0 Å². The van der Waals surface area contributed by atoms with Crippen molar-refractivity contribution < 1.29 is 27.5 Å². The normalized spacial score (nSPS) is 22.6. The van der Waals surface area contributed by atoms with Gasteiger partial charge in [0.15, 0.2) is 0 Å². The van der Waals surface area contributed by atoms with E-state index in [0.717, 1.165) is 18.9 Å². The van der Waals surface area contributed by atoms with Gasteiger partial charge in [0, 0.05) is 25.1 Å². The van der Waals surface area contributed by atoms with Crippen molar-refractivity contribution in [1.82, 2.24) is 4.72 Å². The number of carboxylic acids is 1. The molecule has 2 N–H and O–H groups in total. The summed E-state index contributed by atoms with van der Waals surface area (Å²) >= 11 is 0. The predicted molar refractivity (Wildman–Crippen MR) is 73.7 cm³/mol. The number of aromatic carboxylic acids is 1. The van der Waals surface area contributed by atoms with Gasteiger partial charge in [-0.05, 0) is 19.8 Å². The van der Waals surface area contributed by atoms with Gasteiger partial charge in [0.05, 0.1) is 6.10 Å². The molecule has 1 aliphatic rings. The summed E-state index contributed by atoms with van der Waals surface area (Å²) in [5.41, 5.74) is 0. The number of hydrogen-bond acceptors (Lipinski definition) is 5. The first-order valence-electron chi connectivity index (χ1n) is 6.80. The molecule has 2 unspecified atom stereocenters. The molecule has 0 bridgehead atoms. The van der Waals surface area contributed by atoms with Crippen LogP contribution in [0.4, 0.5) is 0 Å². The number of ether oxygens (including phenoxy) is 1. The van der Waals surface area contributed by atoms with E-state index >= 15 is 0 Å². The number of furan rings is 1. The number of aryl methyl sites for hydroxylation is 1. The fourth-order valence-corrected chi connectivity index (χ4v) is 3.78. The van der Waals surface area contributed by atoms with Crippen LogP contribution >= 0.6 is 0 Å². The maximum absolute atomic E-state index is 12.2. The van der Waals surface area contributed by atoms with E-state index in [4.69, 9.17) is 14.3 Å². The van der Waals surface area contributed by atoms with Crippen LogP contribution in [0, 0.1) is 12.8 Å². The fourth-order valence-electron chi connectivity index (χ4n) is 2.51. The van der Waals surface area contributed by atoms with Gasteiger partial charge in [0.25, 0.3) is 0 Å². The molecule has 21 heavy (non-hydrogen) atoms. The Morgan fingerprint density at radius 2 is 2.24 bits per heavy atom. The highest BCUT2D eigenvalue weighted by atomic mass is 32.2. The maximum atomic E-state index is 12.2. The SMILES string of the molecule is CCC1OCCC1CNS(=O)(=O)c1cc(C(=O)O)oc1C. The average molecular weight is 317 g/mol. The quantitative estimate of drug-likeness (QED) is 0.821. The van der Waals surface area contributed by atoms with Crippen molar-refractivity contribution in [2.24, 2.45) is 5.92 Å². The molecule has 1 saturated heterocycles. The lowest BCUT2D eigenvalue weighted by Crippen LogP contribution is -2.32. The van der Waals surface area contributed by atoms with Crippen molar-refractivity contribution in [3.8, 4) is 0 Å². The number of carboxylic acid groups (broad SMARTS) is 1. The Hall–Kier alpha value is -1.38. The molecule has 1 fully saturated rings. The molecule has 0 saturated carbocycles. The molecular formula is C13H19NO6S. The van der Waals surface area contributed by atoms with Crippen LogP contribution in [0.2, 0.25) is 0 Å². The predicted octanol–water partition coefficient (Wildman–Crippen LogP) is 1.38. The Labute approximate surface area is 123 Å². The summed E-state index contributed by atoms with van der Waals surface area (Å²) < 4.78 is 37.4. The largest absolute Gasteiger partial charge is 0.475 e. The summed E-state index contributed by atoms with van der Waals surface area (Å²) in [6.45, 7) is 4.33.